The molecule has 0 bridgehead atoms. The molecule has 5 nitrogen and oxygen atoms in total. The molecule has 0 saturated heterocycles. The maximum absolute atomic E-state index is 10.6. The largest absolute Gasteiger partial charge is 0.480 e. The van der Waals surface area contributed by atoms with Crippen LogP contribution in [0, 0.1) is 5.92 Å². The summed E-state index contributed by atoms with van der Waals surface area (Å²) in [4.78, 5) is 25.1. The molecule has 5 heteroatoms. The fourth-order valence-corrected chi connectivity index (χ4v) is 0.555. The normalized spacial score (nSPS) is 23.2. The second-order valence-electron chi connectivity index (χ2n) is 1.73. The van der Waals surface area contributed by atoms with Gasteiger partial charge in [0, 0.05) is 0 Å². The van der Waals surface area contributed by atoms with Crippen LogP contribution >= 0.6 is 0 Å². The predicted molar refractivity (Wildman–Crippen MR) is 29.5 cm³/mol. The summed E-state index contributed by atoms with van der Waals surface area (Å²) in [5, 5.41) is 8.34. The minimum atomic E-state index is -1.18. The van der Waals surface area contributed by atoms with Crippen molar-refractivity contribution in [1.29, 1.82) is 0 Å². The second-order valence-corrected chi connectivity index (χ2v) is 1.73. The van der Waals surface area contributed by atoms with E-state index in [9.17, 15) is 9.59 Å². The van der Waals surface area contributed by atoms with E-state index in [-0.39, 0.29) is 0 Å². The highest BCUT2D eigenvalue weighted by molar-refractivity contribution is 5.98. The van der Waals surface area contributed by atoms with Gasteiger partial charge in [0.15, 0.2) is 5.92 Å². The number of aliphatic carboxylic acids is 1. The summed E-state index contributed by atoms with van der Waals surface area (Å²) < 4.78 is 0. The minimum absolute atomic E-state index is 0.657. The monoisotopic (exact) mass is 143 g/mol. The van der Waals surface area contributed by atoms with Crippen LogP contribution in [0.25, 0.3) is 0 Å². The van der Waals surface area contributed by atoms with Crippen LogP contribution in [-0.4, -0.2) is 17.0 Å². The third kappa shape index (κ3) is 1.07. The Hall–Kier alpha value is -1.52. The van der Waals surface area contributed by atoms with Gasteiger partial charge < -0.3 is 9.94 Å². The van der Waals surface area contributed by atoms with Gasteiger partial charge >= 0.3 is 5.97 Å². The van der Waals surface area contributed by atoms with Crippen LogP contribution in [0.4, 0.5) is 0 Å². The van der Waals surface area contributed by atoms with Gasteiger partial charge in [-0.15, -0.1) is 0 Å². The molecule has 0 aromatic heterocycles. The molecule has 1 amide bonds. The molecule has 1 aliphatic rings. The summed E-state index contributed by atoms with van der Waals surface area (Å²) in [5.41, 5.74) is 1.91. The van der Waals surface area contributed by atoms with E-state index < -0.39 is 17.8 Å². The lowest BCUT2D eigenvalue weighted by atomic mass is 10.1. The molecule has 0 aromatic carbocycles. The molecular weight excluding hydrogens is 138 g/mol. The van der Waals surface area contributed by atoms with Crippen molar-refractivity contribution in [2.24, 2.45) is 5.92 Å². The summed E-state index contributed by atoms with van der Waals surface area (Å²) >= 11 is 0. The van der Waals surface area contributed by atoms with Crippen LogP contribution in [0.5, 0.6) is 0 Å². The molecule has 0 spiro atoms. The van der Waals surface area contributed by atoms with E-state index in [4.69, 9.17) is 5.11 Å². The fourth-order valence-electron chi connectivity index (χ4n) is 0.555. The second kappa shape index (κ2) is 2.38. The maximum Gasteiger partial charge on any atom is 0.320 e. The Kier molecular flexibility index (Phi) is 1.57. The highest BCUT2D eigenvalue weighted by Crippen LogP contribution is 2.03. The van der Waals surface area contributed by atoms with Gasteiger partial charge in [0.05, 0.1) is 0 Å². The minimum Gasteiger partial charge on any atom is -0.480 e. The summed E-state index contributed by atoms with van der Waals surface area (Å²) in [6.45, 7) is 0. The average molecular weight is 143 g/mol. The average Bonchev–Trinajstić information content (AvgIpc) is 1.88. The number of rotatable bonds is 1. The number of carbonyl (C=O) groups excluding carboxylic acids is 1. The highest BCUT2D eigenvalue weighted by atomic mass is 16.6. The van der Waals surface area contributed by atoms with E-state index in [1.54, 1.807) is 0 Å². The lowest BCUT2D eigenvalue weighted by Crippen LogP contribution is -2.36. The van der Waals surface area contributed by atoms with Gasteiger partial charge in [-0.25, -0.2) is 0 Å². The summed E-state index contributed by atoms with van der Waals surface area (Å²) in [7, 11) is 0. The summed E-state index contributed by atoms with van der Waals surface area (Å²) in [6.07, 6.45) is 2.29. The molecule has 1 rings (SSSR count). The lowest BCUT2D eigenvalue weighted by Gasteiger charge is -2.11. The Morgan fingerprint density at radius 3 is 2.90 bits per heavy atom. The van der Waals surface area contributed by atoms with Gasteiger partial charge in [-0.2, -0.15) is 5.48 Å². The molecule has 0 saturated carbocycles. The quantitative estimate of drug-likeness (QED) is 0.474. The smallest absolute Gasteiger partial charge is 0.320 e. The first kappa shape index (κ1) is 6.60. The number of hydrogen-bond donors (Lipinski definition) is 2. The molecule has 0 radical (unpaired) electrons. The Labute approximate surface area is 56.2 Å². The molecular formula is C5H5NO4. The Morgan fingerprint density at radius 2 is 2.50 bits per heavy atom. The molecule has 0 aromatic rings. The van der Waals surface area contributed by atoms with E-state index in [1.807, 2.05) is 5.48 Å². The van der Waals surface area contributed by atoms with Crippen molar-refractivity contribution in [3.63, 3.8) is 0 Å². The van der Waals surface area contributed by atoms with Gasteiger partial charge in [-0.05, 0) is 6.08 Å². The zero-order valence-corrected chi connectivity index (χ0v) is 4.90. The number of amides is 1. The summed E-state index contributed by atoms with van der Waals surface area (Å²) in [5.74, 6) is -2.96. The Bertz CT molecular complexity index is 198. The standard InChI is InChI=1S/C5H5NO4/c7-4-3(5(8)9)1-2-10-6-4/h1-3H,(H,6,7)(H,8,9). The van der Waals surface area contributed by atoms with E-state index in [0.717, 1.165) is 6.26 Å². The zero-order valence-electron chi connectivity index (χ0n) is 4.90. The van der Waals surface area contributed by atoms with Crippen LogP contribution in [0.2, 0.25) is 0 Å². The van der Waals surface area contributed by atoms with Gasteiger partial charge in [-0.1, -0.05) is 0 Å². The zero-order chi connectivity index (χ0) is 7.56. The van der Waals surface area contributed by atoms with Crippen molar-refractivity contribution >= 4 is 11.9 Å². The molecule has 54 valence electrons. The number of hydroxylamine groups is 1. The molecule has 1 aliphatic heterocycles. The van der Waals surface area contributed by atoms with Gasteiger partial charge in [0.1, 0.15) is 6.26 Å². The SMILES string of the molecule is O=C(O)C1C=CONC1=O. The number of nitrogens with one attached hydrogen (secondary N) is 1. The molecule has 1 atom stereocenters. The van der Waals surface area contributed by atoms with Gasteiger partial charge in [0.25, 0.3) is 5.91 Å². The topological polar surface area (TPSA) is 75.6 Å². The molecule has 1 unspecified atom stereocenters. The van der Waals surface area contributed by atoms with E-state index in [2.05, 4.69) is 4.84 Å². The van der Waals surface area contributed by atoms with Crippen molar-refractivity contribution < 1.29 is 19.5 Å². The molecule has 2 N–H and O–H groups in total. The van der Waals surface area contributed by atoms with Crippen molar-refractivity contribution in [3.05, 3.63) is 12.3 Å². The number of carbonyl (C=O) groups is 2. The third-order valence-corrected chi connectivity index (χ3v) is 1.05. The van der Waals surface area contributed by atoms with Crippen molar-refractivity contribution in [2.45, 2.75) is 0 Å². The van der Waals surface area contributed by atoms with Crippen LogP contribution in [0.3, 0.4) is 0 Å². The number of carboxylic acid groups (broad SMARTS) is 1. The van der Waals surface area contributed by atoms with E-state index in [0.29, 0.717) is 0 Å². The predicted octanol–water partition coefficient (Wildman–Crippen LogP) is -0.738. The van der Waals surface area contributed by atoms with Gasteiger partial charge in [-0.3, -0.25) is 9.59 Å². The first-order chi connectivity index (χ1) is 4.72. The van der Waals surface area contributed by atoms with Crippen molar-refractivity contribution in [1.82, 2.24) is 5.48 Å². The molecule has 0 aliphatic carbocycles. The molecule has 1 heterocycles. The van der Waals surface area contributed by atoms with Crippen molar-refractivity contribution in [3.8, 4) is 0 Å². The fraction of sp³-hybridized carbons (Fsp3) is 0.200. The van der Waals surface area contributed by atoms with E-state index in [1.165, 1.54) is 6.08 Å². The van der Waals surface area contributed by atoms with Crippen LogP contribution < -0.4 is 5.48 Å². The van der Waals surface area contributed by atoms with Crippen LogP contribution in [-0.2, 0) is 14.4 Å². The Morgan fingerprint density at radius 1 is 1.80 bits per heavy atom. The third-order valence-electron chi connectivity index (χ3n) is 1.05. The first-order valence-corrected chi connectivity index (χ1v) is 2.57. The van der Waals surface area contributed by atoms with Gasteiger partial charge in [0.2, 0.25) is 0 Å². The Balaban J connectivity index is 2.73. The van der Waals surface area contributed by atoms with E-state index >= 15 is 0 Å². The van der Waals surface area contributed by atoms with Crippen LogP contribution in [0.1, 0.15) is 0 Å². The van der Waals surface area contributed by atoms with Crippen molar-refractivity contribution in [2.75, 3.05) is 0 Å². The molecule has 0 fully saturated rings. The van der Waals surface area contributed by atoms with Crippen LogP contribution in [0.15, 0.2) is 12.3 Å². The maximum atomic E-state index is 10.6. The first-order valence-electron chi connectivity index (χ1n) is 2.57. The number of carboxylic acids is 1. The number of hydrogen-bond acceptors (Lipinski definition) is 3. The molecule has 10 heavy (non-hydrogen) atoms. The highest BCUT2D eigenvalue weighted by Gasteiger charge is 2.25. The summed E-state index contributed by atoms with van der Waals surface area (Å²) in [6, 6.07) is 0. The lowest BCUT2D eigenvalue weighted by molar-refractivity contribution is -0.149.